The number of rotatable bonds is 7. The topological polar surface area (TPSA) is 84.2 Å². The summed E-state index contributed by atoms with van der Waals surface area (Å²) in [7, 11) is 0. The Labute approximate surface area is 121 Å². The molecular formula is C13H26ClN3O2. The normalized spacial score (nSPS) is 16.5. The molecule has 6 heteroatoms. The van der Waals surface area contributed by atoms with E-state index in [1.807, 2.05) is 0 Å². The van der Waals surface area contributed by atoms with Crippen molar-refractivity contribution in [3.05, 3.63) is 0 Å². The summed E-state index contributed by atoms with van der Waals surface area (Å²) in [5.41, 5.74) is 5.40. The second-order valence-electron chi connectivity index (χ2n) is 5.01. The fraction of sp³-hybridized carbons (Fsp3) is 0.846. The van der Waals surface area contributed by atoms with Gasteiger partial charge in [0, 0.05) is 13.5 Å². The minimum atomic E-state index is -0.358. The van der Waals surface area contributed by atoms with Crippen LogP contribution in [0.1, 0.15) is 45.4 Å². The third kappa shape index (κ3) is 6.78. The minimum absolute atomic E-state index is 0. The van der Waals surface area contributed by atoms with Gasteiger partial charge in [-0.15, -0.1) is 12.4 Å². The third-order valence-electron chi connectivity index (χ3n) is 3.44. The number of unbranched alkanes of at least 4 members (excludes halogenated alkanes) is 1. The molecule has 0 radical (unpaired) electrons. The van der Waals surface area contributed by atoms with Gasteiger partial charge in [-0.2, -0.15) is 0 Å². The third-order valence-corrected chi connectivity index (χ3v) is 3.44. The molecule has 1 unspecified atom stereocenters. The molecule has 0 heterocycles. The van der Waals surface area contributed by atoms with Crippen LogP contribution in [0.3, 0.4) is 0 Å². The van der Waals surface area contributed by atoms with Crippen molar-refractivity contribution < 1.29 is 9.59 Å². The number of nitrogens with two attached hydrogens (primary N) is 1. The quantitative estimate of drug-likeness (QED) is 0.611. The Balaban J connectivity index is 0.00000324. The lowest BCUT2D eigenvalue weighted by atomic mass is 9.97. The van der Waals surface area contributed by atoms with Crippen molar-refractivity contribution in [3.8, 4) is 0 Å². The van der Waals surface area contributed by atoms with Gasteiger partial charge < -0.3 is 16.4 Å². The number of hydrogen-bond donors (Lipinski definition) is 3. The highest BCUT2D eigenvalue weighted by Crippen LogP contribution is 2.27. The number of nitrogens with one attached hydrogen (secondary N) is 2. The van der Waals surface area contributed by atoms with Gasteiger partial charge >= 0.3 is 0 Å². The van der Waals surface area contributed by atoms with Crippen LogP contribution >= 0.6 is 12.4 Å². The Morgan fingerprint density at radius 2 is 1.89 bits per heavy atom. The van der Waals surface area contributed by atoms with Crippen LogP contribution in [0.4, 0.5) is 0 Å². The first kappa shape index (κ1) is 18.2. The lowest BCUT2D eigenvalue weighted by molar-refractivity contribution is -0.129. The Bertz CT molecular complexity index is 281. The number of halogens is 1. The van der Waals surface area contributed by atoms with E-state index in [0.717, 1.165) is 38.5 Å². The van der Waals surface area contributed by atoms with E-state index in [2.05, 4.69) is 10.6 Å². The summed E-state index contributed by atoms with van der Waals surface area (Å²) in [5.74, 6) is 0.113. The van der Waals surface area contributed by atoms with Gasteiger partial charge in [0.1, 0.15) is 6.04 Å². The molecule has 0 aromatic rings. The van der Waals surface area contributed by atoms with Crippen LogP contribution in [-0.4, -0.2) is 30.9 Å². The molecule has 0 aromatic heterocycles. The first-order chi connectivity index (χ1) is 8.65. The highest BCUT2D eigenvalue weighted by Gasteiger charge is 2.30. The van der Waals surface area contributed by atoms with Crippen LogP contribution in [0.15, 0.2) is 0 Å². The second kappa shape index (κ2) is 10.0. The Hall–Kier alpha value is -0.810. The lowest BCUT2D eigenvalue weighted by Crippen LogP contribution is -2.50. The number of amides is 2. The average Bonchev–Trinajstić information content (AvgIpc) is 2.84. The number of hydrogen-bond acceptors (Lipinski definition) is 3. The predicted molar refractivity (Wildman–Crippen MR) is 78.1 cm³/mol. The zero-order valence-corrected chi connectivity index (χ0v) is 12.4. The molecule has 1 aliphatic rings. The molecule has 1 saturated carbocycles. The Morgan fingerprint density at radius 1 is 1.26 bits per heavy atom. The molecule has 1 aliphatic carbocycles. The first-order valence-corrected chi connectivity index (χ1v) is 6.90. The molecule has 2 amide bonds. The van der Waals surface area contributed by atoms with Crippen LogP contribution in [0, 0.1) is 5.92 Å². The number of carbonyl (C=O) groups excluding carboxylic acids is 2. The molecule has 0 spiro atoms. The highest BCUT2D eigenvalue weighted by atomic mass is 35.5. The molecular weight excluding hydrogens is 266 g/mol. The molecule has 19 heavy (non-hydrogen) atoms. The fourth-order valence-electron chi connectivity index (χ4n) is 2.50. The largest absolute Gasteiger partial charge is 0.354 e. The van der Waals surface area contributed by atoms with Crippen LogP contribution in [0.2, 0.25) is 0 Å². The van der Waals surface area contributed by atoms with Crippen LogP contribution in [-0.2, 0) is 9.59 Å². The molecule has 0 aromatic carbocycles. The van der Waals surface area contributed by atoms with E-state index in [-0.39, 0.29) is 30.3 Å². The van der Waals surface area contributed by atoms with Gasteiger partial charge in [0.25, 0.3) is 0 Å². The van der Waals surface area contributed by atoms with Gasteiger partial charge in [0.15, 0.2) is 0 Å². The lowest BCUT2D eigenvalue weighted by Gasteiger charge is -2.23. The van der Waals surface area contributed by atoms with Crippen LogP contribution in [0.25, 0.3) is 0 Å². The zero-order valence-electron chi connectivity index (χ0n) is 11.6. The molecule has 112 valence electrons. The molecule has 1 atom stereocenters. The minimum Gasteiger partial charge on any atom is -0.354 e. The standard InChI is InChI=1S/C13H25N3O2.ClH/c1-10(17)16-12(11-6-2-3-7-11)13(18)15-9-5-4-8-14;/h11-12H,2-9,14H2,1H3,(H,15,18)(H,16,17);1H. The molecule has 0 aliphatic heterocycles. The van der Waals surface area contributed by atoms with Gasteiger partial charge in [-0.3, -0.25) is 9.59 Å². The van der Waals surface area contributed by atoms with E-state index >= 15 is 0 Å². The number of carbonyl (C=O) groups is 2. The van der Waals surface area contributed by atoms with Gasteiger partial charge in [0.2, 0.25) is 11.8 Å². The van der Waals surface area contributed by atoms with E-state index in [4.69, 9.17) is 5.73 Å². The molecule has 0 saturated heterocycles. The van der Waals surface area contributed by atoms with Crippen LogP contribution < -0.4 is 16.4 Å². The maximum Gasteiger partial charge on any atom is 0.242 e. The summed E-state index contributed by atoms with van der Waals surface area (Å²) in [6, 6.07) is -0.358. The van der Waals surface area contributed by atoms with Gasteiger partial charge in [-0.25, -0.2) is 0 Å². The summed E-state index contributed by atoms with van der Waals surface area (Å²) in [6.07, 6.45) is 6.17. The highest BCUT2D eigenvalue weighted by molar-refractivity contribution is 5.87. The maximum absolute atomic E-state index is 12.1. The smallest absolute Gasteiger partial charge is 0.242 e. The molecule has 1 fully saturated rings. The second-order valence-corrected chi connectivity index (χ2v) is 5.01. The monoisotopic (exact) mass is 291 g/mol. The fourth-order valence-corrected chi connectivity index (χ4v) is 2.50. The summed E-state index contributed by atoms with van der Waals surface area (Å²) >= 11 is 0. The van der Waals surface area contributed by atoms with E-state index in [1.165, 1.54) is 6.92 Å². The van der Waals surface area contributed by atoms with Crippen molar-refractivity contribution in [2.75, 3.05) is 13.1 Å². The first-order valence-electron chi connectivity index (χ1n) is 6.90. The SMILES string of the molecule is CC(=O)NC(C(=O)NCCCCN)C1CCCC1.Cl. The van der Waals surface area contributed by atoms with Crippen molar-refractivity contribution in [1.29, 1.82) is 0 Å². The maximum atomic E-state index is 12.1. The van der Waals surface area contributed by atoms with Crippen molar-refractivity contribution >= 4 is 24.2 Å². The average molecular weight is 292 g/mol. The zero-order chi connectivity index (χ0) is 13.4. The van der Waals surface area contributed by atoms with E-state index < -0.39 is 0 Å². The summed E-state index contributed by atoms with van der Waals surface area (Å²) in [5, 5.41) is 5.68. The summed E-state index contributed by atoms with van der Waals surface area (Å²) in [4.78, 5) is 23.3. The Kier molecular flexibility index (Phi) is 9.61. The Morgan fingerprint density at radius 3 is 2.42 bits per heavy atom. The molecule has 5 nitrogen and oxygen atoms in total. The van der Waals surface area contributed by atoms with Crippen molar-refractivity contribution in [3.63, 3.8) is 0 Å². The van der Waals surface area contributed by atoms with Gasteiger partial charge in [-0.1, -0.05) is 12.8 Å². The van der Waals surface area contributed by atoms with Crippen LogP contribution in [0.5, 0.6) is 0 Å². The predicted octanol–water partition coefficient (Wildman–Crippen LogP) is 0.958. The van der Waals surface area contributed by atoms with Crippen molar-refractivity contribution in [1.82, 2.24) is 10.6 Å². The molecule has 4 N–H and O–H groups in total. The van der Waals surface area contributed by atoms with Crippen molar-refractivity contribution in [2.45, 2.75) is 51.5 Å². The van der Waals surface area contributed by atoms with E-state index in [0.29, 0.717) is 19.0 Å². The summed E-state index contributed by atoms with van der Waals surface area (Å²) < 4.78 is 0. The summed E-state index contributed by atoms with van der Waals surface area (Å²) in [6.45, 7) is 2.75. The molecule has 1 rings (SSSR count). The van der Waals surface area contributed by atoms with Crippen molar-refractivity contribution in [2.24, 2.45) is 11.7 Å². The van der Waals surface area contributed by atoms with E-state index in [9.17, 15) is 9.59 Å². The molecule has 0 bridgehead atoms. The van der Waals surface area contributed by atoms with Gasteiger partial charge in [0.05, 0.1) is 0 Å². The van der Waals surface area contributed by atoms with Gasteiger partial charge in [-0.05, 0) is 38.1 Å². The van der Waals surface area contributed by atoms with E-state index in [1.54, 1.807) is 0 Å².